The molecule has 2 aliphatic rings. The third kappa shape index (κ3) is 7.24. The van der Waals surface area contributed by atoms with E-state index in [1.165, 1.54) is 36.9 Å². The van der Waals surface area contributed by atoms with Gasteiger partial charge in [0.25, 0.3) is 5.91 Å². The number of carboxylic acids is 1. The number of hydrogen-bond donors (Lipinski definition) is 2. The van der Waals surface area contributed by atoms with Crippen molar-refractivity contribution in [1.82, 2.24) is 19.9 Å². The zero-order valence-corrected chi connectivity index (χ0v) is 24.7. The van der Waals surface area contributed by atoms with Crippen LogP contribution in [-0.2, 0) is 17.5 Å². The molecule has 1 unspecified atom stereocenters. The number of aliphatic carboxylic acids is 1. The molecule has 1 aromatic carbocycles. The number of nitrogens with one attached hydrogen (secondary N) is 1. The second kappa shape index (κ2) is 12.8. The highest BCUT2D eigenvalue weighted by atomic mass is 32.1. The summed E-state index contributed by atoms with van der Waals surface area (Å²) in [6, 6.07) is 3.86. The summed E-state index contributed by atoms with van der Waals surface area (Å²) in [6.45, 7) is 5.46. The van der Waals surface area contributed by atoms with Crippen molar-refractivity contribution in [3.63, 3.8) is 0 Å². The number of thiazole rings is 1. The lowest BCUT2D eigenvalue weighted by atomic mass is 9.97. The molecular weight excluding hydrogens is 585 g/mol. The zero-order chi connectivity index (χ0) is 30.7. The number of hydrogen-bond acceptors (Lipinski definition) is 9. The van der Waals surface area contributed by atoms with Gasteiger partial charge in [0.2, 0.25) is 0 Å². The van der Waals surface area contributed by atoms with Gasteiger partial charge in [-0.2, -0.15) is 13.2 Å². The van der Waals surface area contributed by atoms with E-state index in [0.717, 1.165) is 36.9 Å². The van der Waals surface area contributed by atoms with Crippen molar-refractivity contribution in [2.45, 2.75) is 45.3 Å². The van der Waals surface area contributed by atoms with E-state index in [0.29, 0.717) is 49.9 Å². The highest BCUT2D eigenvalue weighted by Gasteiger charge is 2.35. The third-order valence-corrected chi connectivity index (χ3v) is 8.80. The van der Waals surface area contributed by atoms with Crippen LogP contribution in [0.15, 0.2) is 30.6 Å². The predicted octanol–water partition coefficient (Wildman–Crippen LogP) is 5.41. The van der Waals surface area contributed by atoms with Crippen LogP contribution in [0.5, 0.6) is 5.75 Å². The molecule has 3 aromatic rings. The standard InChI is InChI=1S/C29H33F3N6O4S/c1-17-4-3-9-37(15-17)16-23-25(19-5-6-22(42-2)20(12-19)29(30,31)32)35-28(43-23)36-26(39)21-13-34-24(14-33-21)38-10-7-18(8-11-38)27(40)41/h5-6,12-14,17-18H,3-4,7-11,15-16H2,1-2H3,(H,40,41)(H,35,36,39). The van der Waals surface area contributed by atoms with Gasteiger partial charge in [0.15, 0.2) is 5.13 Å². The number of anilines is 2. The average Bonchev–Trinajstić information content (AvgIpc) is 3.38. The number of likely N-dealkylation sites (tertiary alicyclic amines) is 1. The van der Waals surface area contributed by atoms with Crippen molar-refractivity contribution >= 4 is 34.2 Å². The van der Waals surface area contributed by atoms with E-state index in [2.05, 4.69) is 32.1 Å². The molecule has 1 amide bonds. The normalized spacial score (nSPS) is 18.4. The Labute approximate surface area is 250 Å². The minimum atomic E-state index is -4.62. The molecule has 0 spiro atoms. The minimum Gasteiger partial charge on any atom is -0.496 e. The van der Waals surface area contributed by atoms with Crippen LogP contribution >= 0.6 is 11.3 Å². The molecule has 0 radical (unpaired) electrons. The fourth-order valence-corrected chi connectivity index (χ4v) is 6.59. The Hall–Kier alpha value is -3.78. The lowest BCUT2D eigenvalue weighted by molar-refractivity contribution is -0.142. The largest absolute Gasteiger partial charge is 0.496 e. The quantitative estimate of drug-likeness (QED) is 0.341. The maximum Gasteiger partial charge on any atom is 0.419 e. The Bertz CT molecular complexity index is 1460. The second-order valence-electron chi connectivity index (χ2n) is 11.0. The summed E-state index contributed by atoms with van der Waals surface area (Å²) < 4.78 is 46.4. The molecule has 0 aliphatic carbocycles. The molecule has 2 fully saturated rings. The number of carboxylic acid groups (broad SMARTS) is 1. The first-order valence-electron chi connectivity index (χ1n) is 14.1. The molecule has 2 saturated heterocycles. The van der Waals surface area contributed by atoms with Crippen LogP contribution in [0.2, 0.25) is 0 Å². The molecule has 2 N–H and O–H groups in total. The molecule has 4 heterocycles. The molecule has 10 nitrogen and oxygen atoms in total. The van der Waals surface area contributed by atoms with Crippen molar-refractivity contribution < 1.29 is 32.6 Å². The Morgan fingerprint density at radius 1 is 1.14 bits per heavy atom. The summed E-state index contributed by atoms with van der Waals surface area (Å²) in [6.07, 6.45) is 1.37. The van der Waals surface area contributed by atoms with Gasteiger partial charge < -0.3 is 14.7 Å². The van der Waals surface area contributed by atoms with Crippen LogP contribution < -0.4 is 15.0 Å². The number of alkyl halides is 3. The molecule has 2 aliphatic heterocycles. The summed E-state index contributed by atoms with van der Waals surface area (Å²) in [5.41, 5.74) is -0.194. The number of piperidine rings is 2. The third-order valence-electron chi connectivity index (χ3n) is 7.84. The smallest absolute Gasteiger partial charge is 0.419 e. The fourth-order valence-electron chi connectivity index (χ4n) is 5.57. The van der Waals surface area contributed by atoms with Gasteiger partial charge in [0.05, 0.1) is 36.7 Å². The number of nitrogens with zero attached hydrogens (tertiary/aromatic N) is 5. The number of methoxy groups -OCH3 is 1. The highest BCUT2D eigenvalue weighted by molar-refractivity contribution is 7.16. The van der Waals surface area contributed by atoms with Crippen molar-refractivity contribution in [2.75, 3.05) is 43.5 Å². The number of carbonyl (C=O) groups is 2. The second-order valence-corrected chi connectivity index (χ2v) is 12.1. The van der Waals surface area contributed by atoms with Crippen LogP contribution in [0.3, 0.4) is 0 Å². The van der Waals surface area contributed by atoms with E-state index in [-0.39, 0.29) is 28.1 Å². The predicted molar refractivity (Wildman–Crippen MR) is 155 cm³/mol. The molecule has 0 bridgehead atoms. The van der Waals surface area contributed by atoms with Gasteiger partial charge in [-0.05, 0) is 56.3 Å². The summed E-state index contributed by atoms with van der Waals surface area (Å²) in [4.78, 5) is 42.4. The molecule has 14 heteroatoms. The van der Waals surface area contributed by atoms with Gasteiger partial charge in [-0.15, -0.1) is 0 Å². The topological polar surface area (TPSA) is 121 Å². The van der Waals surface area contributed by atoms with E-state index < -0.39 is 23.6 Å². The number of halogens is 3. The summed E-state index contributed by atoms with van der Waals surface area (Å²) in [5, 5.41) is 12.2. The minimum absolute atomic E-state index is 0.0520. The van der Waals surface area contributed by atoms with Gasteiger partial charge in [0.1, 0.15) is 17.3 Å². The number of amides is 1. The van der Waals surface area contributed by atoms with Gasteiger partial charge in [0, 0.05) is 36.6 Å². The number of rotatable bonds is 8. The molecule has 5 rings (SSSR count). The van der Waals surface area contributed by atoms with E-state index in [4.69, 9.17) is 4.74 Å². The Kier molecular flexibility index (Phi) is 9.16. The molecule has 2 aromatic heterocycles. The number of carbonyl (C=O) groups excluding carboxylic acids is 1. The summed E-state index contributed by atoms with van der Waals surface area (Å²) in [5.74, 6) is -0.947. The van der Waals surface area contributed by atoms with E-state index >= 15 is 0 Å². The monoisotopic (exact) mass is 618 g/mol. The Morgan fingerprint density at radius 2 is 1.91 bits per heavy atom. The van der Waals surface area contributed by atoms with Gasteiger partial charge in [-0.3, -0.25) is 19.8 Å². The lowest BCUT2D eigenvalue weighted by Crippen LogP contribution is -2.36. The van der Waals surface area contributed by atoms with Crippen LogP contribution in [-0.4, -0.2) is 70.1 Å². The molecular formula is C29H33F3N6O4S. The van der Waals surface area contributed by atoms with E-state index in [1.807, 2.05) is 4.90 Å². The van der Waals surface area contributed by atoms with Crippen LogP contribution in [0.4, 0.5) is 24.1 Å². The molecule has 0 saturated carbocycles. The van der Waals surface area contributed by atoms with E-state index in [1.54, 1.807) is 6.07 Å². The number of aromatic nitrogens is 3. The van der Waals surface area contributed by atoms with Gasteiger partial charge >= 0.3 is 12.1 Å². The van der Waals surface area contributed by atoms with Crippen molar-refractivity contribution in [3.8, 4) is 17.0 Å². The first kappa shape index (κ1) is 30.7. The van der Waals surface area contributed by atoms with Crippen molar-refractivity contribution in [2.24, 2.45) is 11.8 Å². The van der Waals surface area contributed by atoms with Crippen LogP contribution in [0.25, 0.3) is 11.3 Å². The Morgan fingerprint density at radius 3 is 2.53 bits per heavy atom. The lowest BCUT2D eigenvalue weighted by Gasteiger charge is -2.30. The number of benzene rings is 1. The first-order valence-corrected chi connectivity index (χ1v) is 14.9. The molecule has 230 valence electrons. The Balaban J connectivity index is 1.37. The maximum absolute atomic E-state index is 13.8. The van der Waals surface area contributed by atoms with Crippen LogP contribution in [0.1, 0.15) is 53.5 Å². The van der Waals surface area contributed by atoms with Gasteiger partial charge in [-0.1, -0.05) is 18.3 Å². The van der Waals surface area contributed by atoms with Crippen molar-refractivity contribution in [1.29, 1.82) is 0 Å². The van der Waals surface area contributed by atoms with Crippen molar-refractivity contribution in [3.05, 3.63) is 46.7 Å². The average molecular weight is 619 g/mol. The van der Waals surface area contributed by atoms with Crippen LogP contribution in [0, 0.1) is 11.8 Å². The first-order chi connectivity index (χ1) is 20.5. The highest BCUT2D eigenvalue weighted by Crippen LogP contribution is 2.41. The summed E-state index contributed by atoms with van der Waals surface area (Å²) >= 11 is 1.22. The maximum atomic E-state index is 13.8. The summed E-state index contributed by atoms with van der Waals surface area (Å²) in [7, 11) is 1.19. The molecule has 1 atom stereocenters. The molecule has 43 heavy (non-hydrogen) atoms. The fraction of sp³-hybridized carbons (Fsp3) is 0.483. The zero-order valence-electron chi connectivity index (χ0n) is 23.9. The van der Waals surface area contributed by atoms with E-state index in [9.17, 15) is 27.9 Å². The number of ether oxygens (including phenoxy) is 1. The van der Waals surface area contributed by atoms with Gasteiger partial charge in [-0.25, -0.2) is 15.0 Å². The SMILES string of the molecule is COc1ccc(-c2nc(NC(=O)c3cnc(N4CCC(C(=O)O)CC4)cn3)sc2CN2CCCC(C)C2)cc1C(F)(F)F.